The van der Waals surface area contributed by atoms with Crippen molar-refractivity contribution in [1.82, 2.24) is 4.90 Å². The minimum atomic E-state index is 0.0625. The Hall–Kier alpha value is -3.67. The van der Waals surface area contributed by atoms with Crippen LogP contribution in [-0.2, 0) is 24.2 Å². The number of fused-ring (bicyclic) bond motifs is 2. The summed E-state index contributed by atoms with van der Waals surface area (Å²) in [6.45, 7) is 1.59. The molecule has 0 fully saturated rings. The van der Waals surface area contributed by atoms with Crippen molar-refractivity contribution in [2.75, 3.05) is 20.1 Å². The summed E-state index contributed by atoms with van der Waals surface area (Å²) in [4.78, 5) is 15.2. The highest BCUT2D eigenvalue weighted by molar-refractivity contribution is 5.79. The second kappa shape index (κ2) is 8.60. The maximum absolute atomic E-state index is 13.3. The van der Waals surface area contributed by atoms with E-state index in [9.17, 15) is 4.79 Å². The zero-order valence-electron chi connectivity index (χ0n) is 17.1. The number of carbonyl (C=O) groups is 1. The molecule has 5 rings (SSSR count). The molecule has 0 atom stereocenters. The average Bonchev–Trinajstić information content (AvgIpc) is 3.45. The van der Waals surface area contributed by atoms with Gasteiger partial charge in [0.1, 0.15) is 0 Å². The number of hydrogen-bond donors (Lipinski definition) is 0. The Labute approximate surface area is 180 Å². The highest BCUT2D eigenvalue weighted by Crippen LogP contribution is 2.34. The Morgan fingerprint density at radius 1 is 0.710 bits per heavy atom. The van der Waals surface area contributed by atoms with E-state index in [2.05, 4.69) is 12.1 Å². The molecule has 6 nitrogen and oxygen atoms in total. The summed E-state index contributed by atoms with van der Waals surface area (Å²) in [6, 6.07) is 21.7. The Bertz CT molecular complexity index is 1080. The lowest BCUT2D eigenvalue weighted by atomic mass is 10.1. The standard InChI is InChI=1S/C25H23NO5/c27-25(14-19-6-8-21-23(12-19)30-16-28-21)26(11-10-18-4-2-1-3-5-18)15-20-7-9-22-24(13-20)31-17-29-22/h1-9,12-13H,10-11,14-17H2. The van der Waals surface area contributed by atoms with Gasteiger partial charge in [0.05, 0.1) is 6.42 Å². The average molecular weight is 417 g/mol. The van der Waals surface area contributed by atoms with Gasteiger partial charge in [0.2, 0.25) is 19.5 Å². The molecule has 2 aliphatic rings. The Balaban J connectivity index is 1.32. The van der Waals surface area contributed by atoms with E-state index in [0.29, 0.717) is 25.3 Å². The van der Waals surface area contributed by atoms with Crippen LogP contribution in [0.3, 0.4) is 0 Å². The van der Waals surface area contributed by atoms with Gasteiger partial charge in [-0.25, -0.2) is 0 Å². The predicted octanol–water partition coefficient (Wildman–Crippen LogP) is 3.96. The zero-order valence-corrected chi connectivity index (χ0v) is 17.1. The highest BCUT2D eigenvalue weighted by Gasteiger charge is 2.20. The summed E-state index contributed by atoms with van der Waals surface area (Å²) in [5.74, 6) is 2.94. The molecular formula is C25H23NO5. The van der Waals surface area contributed by atoms with Crippen LogP contribution < -0.4 is 18.9 Å². The molecule has 0 radical (unpaired) electrons. The van der Waals surface area contributed by atoms with Crippen LogP contribution in [0.1, 0.15) is 16.7 Å². The van der Waals surface area contributed by atoms with Crippen LogP contribution in [0.15, 0.2) is 66.7 Å². The summed E-state index contributed by atoms with van der Waals surface area (Å²) in [6.07, 6.45) is 1.09. The third kappa shape index (κ3) is 4.43. The van der Waals surface area contributed by atoms with E-state index >= 15 is 0 Å². The molecule has 0 aromatic heterocycles. The van der Waals surface area contributed by atoms with Gasteiger partial charge in [-0.15, -0.1) is 0 Å². The van der Waals surface area contributed by atoms with Gasteiger partial charge in [0.25, 0.3) is 0 Å². The fourth-order valence-corrected chi connectivity index (χ4v) is 3.80. The summed E-state index contributed by atoms with van der Waals surface area (Å²) >= 11 is 0. The van der Waals surface area contributed by atoms with Crippen molar-refractivity contribution >= 4 is 5.91 Å². The molecule has 0 saturated heterocycles. The molecule has 0 bridgehead atoms. The van der Waals surface area contributed by atoms with Gasteiger partial charge in [-0.3, -0.25) is 4.79 Å². The zero-order chi connectivity index (χ0) is 21.0. The minimum Gasteiger partial charge on any atom is -0.454 e. The van der Waals surface area contributed by atoms with E-state index in [1.54, 1.807) is 0 Å². The van der Waals surface area contributed by atoms with Crippen LogP contribution in [-0.4, -0.2) is 30.9 Å². The van der Waals surface area contributed by atoms with Crippen molar-refractivity contribution in [1.29, 1.82) is 0 Å². The van der Waals surface area contributed by atoms with Gasteiger partial charge in [-0.1, -0.05) is 42.5 Å². The van der Waals surface area contributed by atoms with E-state index < -0.39 is 0 Å². The first kappa shape index (κ1) is 19.3. The fourth-order valence-electron chi connectivity index (χ4n) is 3.80. The highest BCUT2D eigenvalue weighted by atomic mass is 16.7. The molecule has 0 aliphatic carbocycles. The van der Waals surface area contributed by atoms with E-state index in [-0.39, 0.29) is 19.5 Å². The molecule has 0 spiro atoms. The minimum absolute atomic E-state index is 0.0625. The van der Waals surface area contributed by atoms with Gasteiger partial charge in [0, 0.05) is 13.1 Å². The van der Waals surface area contributed by atoms with Gasteiger partial charge in [-0.2, -0.15) is 0 Å². The van der Waals surface area contributed by atoms with Crippen LogP contribution in [0, 0.1) is 0 Å². The molecule has 0 N–H and O–H groups in total. The molecular weight excluding hydrogens is 394 g/mol. The lowest BCUT2D eigenvalue weighted by Crippen LogP contribution is -2.33. The smallest absolute Gasteiger partial charge is 0.231 e. The first-order valence-corrected chi connectivity index (χ1v) is 10.3. The third-order valence-corrected chi connectivity index (χ3v) is 5.47. The SMILES string of the molecule is O=C(Cc1ccc2c(c1)OCO2)N(CCc1ccccc1)Cc1ccc2c(c1)OCO2. The summed E-state index contributed by atoms with van der Waals surface area (Å²) in [5, 5.41) is 0. The van der Waals surface area contributed by atoms with E-state index in [1.165, 1.54) is 5.56 Å². The Kier molecular flexibility index (Phi) is 5.35. The normalized spacial score (nSPS) is 13.3. The van der Waals surface area contributed by atoms with Gasteiger partial charge in [0.15, 0.2) is 23.0 Å². The van der Waals surface area contributed by atoms with Crippen LogP contribution in [0.5, 0.6) is 23.0 Å². The topological polar surface area (TPSA) is 57.2 Å². The summed E-state index contributed by atoms with van der Waals surface area (Å²) < 4.78 is 21.7. The molecule has 158 valence electrons. The lowest BCUT2D eigenvalue weighted by Gasteiger charge is -2.23. The number of nitrogens with zero attached hydrogens (tertiary/aromatic N) is 1. The first-order chi connectivity index (χ1) is 15.2. The van der Waals surface area contributed by atoms with Crippen LogP contribution in [0.2, 0.25) is 0 Å². The molecule has 1 amide bonds. The number of rotatable bonds is 7. The van der Waals surface area contributed by atoms with E-state index in [1.807, 2.05) is 59.5 Å². The lowest BCUT2D eigenvalue weighted by molar-refractivity contribution is -0.131. The number of hydrogen-bond acceptors (Lipinski definition) is 5. The number of ether oxygens (including phenoxy) is 4. The molecule has 2 aliphatic heterocycles. The largest absolute Gasteiger partial charge is 0.454 e. The van der Waals surface area contributed by atoms with E-state index in [0.717, 1.165) is 34.8 Å². The number of benzene rings is 3. The van der Waals surface area contributed by atoms with Crippen molar-refractivity contribution in [2.24, 2.45) is 0 Å². The van der Waals surface area contributed by atoms with Crippen LogP contribution >= 0.6 is 0 Å². The molecule has 6 heteroatoms. The molecule has 3 aromatic rings. The van der Waals surface area contributed by atoms with Gasteiger partial charge < -0.3 is 23.8 Å². The first-order valence-electron chi connectivity index (χ1n) is 10.3. The van der Waals surface area contributed by atoms with Crippen molar-refractivity contribution in [3.05, 3.63) is 83.4 Å². The number of amides is 1. The second-order valence-electron chi connectivity index (χ2n) is 7.60. The number of carbonyl (C=O) groups excluding carboxylic acids is 1. The quantitative estimate of drug-likeness (QED) is 0.583. The summed E-state index contributed by atoms with van der Waals surface area (Å²) in [7, 11) is 0. The molecule has 31 heavy (non-hydrogen) atoms. The predicted molar refractivity (Wildman–Crippen MR) is 114 cm³/mol. The van der Waals surface area contributed by atoms with Gasteiger partial charge in [-0.05, 0) is 47.4 Å². The van der Waals surface area contributed by atoms with Crippen molar-refractivity contribution in [3.63, 3.8) is 0 Å². The molecule has 0 saturated carbocycles. The van der Waals surface area contributed by atoms with E-state index in [4.69, 9.17) is 18.9 Å². The van der Waals surface area contributed by atoms with Gasteiger partial charge >= 0.3 is 0 Å². The Morgan fingerprint density at radius 3 is 2.03 bits per heavy atom. The molecule has 3 aromatic carbocycles. The second-order valence-corrected chi connectivity index (χ2v) is 7.60. The maximum atomic E-state index is 13.3. The van der Waals surface area contributed by atoms with Crippen molar-refractivity contribution in [2.45, 2.75) is 19.4 Å². The van der Waals surface area contributed by atoms with Crippen LogP contribution in [0.25, 0.3) is 0 Å². The van der Waals surface area contributed by atoms with Crippen LogP contribution in [0.4, 0.5) is 0 Å². The van der Waals surface area contributed by atoms with Crippen molar-refractivity contribution in [3.8, 4) is 23.0 Å². The Morgan fingerprint density at radius 2 is 1.32 bits per heavy atom. The third-order valence-electron chi connectivity index (χ3n) is 5.47. The summed E-state index contributed by atoms with van der Waals surface area (Å²) in [5.41, 5.74) is 3.12. The van der Waals surface area contributed by atoms with Crippen molar-refractivity contribution < 1.29 is 23.7 Å². The maximum Gasteiger partial charge on any atom is 0.231 e. The molecule has 2 heterocycles. The fraction of sp³-hybridized carbons (Fsp3) is 0.240. The monoisotopic (exact) mass is 417 g/mol. The molecule has 0 unspecified atom stereocenters.